The zero-order valence-corrected chi connectivity index (χ0v) is 12.4. The van der Waals surface area contributed by atoms with Gasteiger partial charge in [-0.05, 0) is 32.1 Å². The van der Waals surface area contributed by atoms with Gasteiger partial charge in [-0.15, -0.1) is 0 Å². The third-order valence-corrected chi connectivity index (χ3v) is 4.68. The molecule has 0 bridgehead atoms. The Kier molecular flexibility index (Phi) is 5.30. The third-order valence-electron chi connectivity index (χ3n) is 3.25. The van der Waals surface area contributed by atoms with E-state index >= 15 is 0 Å². The molecule has 0 saturated heterocycles. The summed E-state index contributed by atoms with van der Waals surface area (Å²) in [5.74, 6) is 0.855. The van der Waals surface area contributed by atoms with Gasteiger partial charge in [0, 0.05) is 6.66 Å². The highest BCUT2D eigenvalue weighted by atomic mass is 31.2. The lowest BCUT2D eigenvalue weighted by Crippen LogP contribution is -2.25. The summed E-state index contributed by atoms with van der Waals surface area (Å²) in [5, 5.41) is 0. The van der Waals surface area contributed by atoms with E-state index in [-0.39, 0.29) is 18.0 Å². The van der Waals surface area contributed by atoms with Crippen molar-refractivity contribution in [3.05, 3.63) is 0 Å². The van der Waals surface area contributed by atoms with Crippen molar-refractivity contribution in [1.29, 1.82) is 0 Å². The second-order valence-electron chi connectivity index (χ2n) is 5.64. The van der Waals surface area contributed by atoms with Crippen LogP contribution in [0.1, 0.15) is 40.5 Å². The van der Waals surface area contributed by atoms with Crippen LogP contribution < -0.4 is 0 Å². The van der Waals surface area contributed by atoms with Gasteiger partial charge in [0.1, 0.15) is 0 Å². The van der Waals surface area contributed by atoms with Gasteiger partial charge in [-0.2, -0.15) is 0 Å². The molecular weight excluding hydrogens is 234 g/mol. The van der Waals surface area contributed by atoms with Gasteiger partial charge in [0.2, 0.25) is 0 Å². The maximum absolute atomic E-state index is 12.2. The van der Waals surface area contributed by atoms with Crippen LogP contribution in [0.4, 0.5) is 0 Å². The molecule has 0 N–H and O–H groups in total. The molecule has 4 atom stereocenters. The Bertz CT molecular complexity index is 293. The van der Waals surface area contributed by atoms with Gasteiger partial charge < -0.3 is 9.05 Å². The molecule has 2 radical (unpaired) electrons. The van der Waals surface area contributed by atoms with Crippen LogP contribution in [0.15, 0.2) is 0 Å². The van der Waals surface area contributed by atoms with Gasteiger partial charge in [0.15, 0.2) is 0 Å². The van der Waals surface area contributed by atoms with Gasteiger partial charge in [0.25, 0.3) is 0 Å². The van der Waals surface area contributed by atoms with Crippen molar-refractivity contribution in [3.63, 3.8) is 0 Å². The van der Waals surface area contributed by atoms with Crippen LogP contribution in [0.25, 0.3) is 0 Å². The van der Waals surface area contributed by atoms with E-state index in [9.17, 15) is 4.57 Å². The van der Waals surface area contributed by atoms with E-state index < -0.39 is 7.60 Å². The van der Waals surface area contributed by atoms with Gasteiger partial charge >= 0.3 is 7.60 Å². The molecule has 0 aromatic heterocycles. The molecule has 1 aliphatic carbocycles. The molecule has 1 aliphatic rings. The molecule has 0 amide bonds. The summed E-state index contributed by atoms with van der Waals surface area (Å²) in [6.07, 6.45) is 1.76. The van der Waals surface area contributed by atoms with E-state index in [1.807, 2.05) is 13.8 Å². The zero-order valence-electron chi connectivity index (χ0n) is 11.6. The van der Waals surface area contributed by atoms with Crippen LogP contribution in [0.2, 0.25) is 5.82 Å². The number of rotatable bonds is 5. The molecule has 0 aromatic carbocycles. The van der Waals surface area contributed by atoms with Crippen LogP contribution in [-0.2, 0) is 13.6 Å². The maximum atomic E-state index is 12.2. The molecule has 5 heteroatoms. The Morgan fingerprint density at radius 1 is 1.24 bits per heavy atom. The lowest BCUT2D eigenvalue weighted by Gasteiger charge is -2.29. The first-order valence-electron chi connectivity index (χ1n) is 6.43. The molecule has 0 aromatic rings. The number of hydrogen-bond acceptors (Lipinski definition) is 3. The average Bonchev–Trinajstić information content (AvgIpc) is 2.44. The van der Waals surface area contributed by atoms with Crippen LogP contribution >= 0.6 is 7.60 Å². The second kappa shape index (κ2) is 5.90. The molecule has 0 heterocycles. The zero-order chi connectivity index (χ0) is 13.2. The maximum Gasteiger partial charge on any atom is 0.328 e. The van der Waals surface area contributed by atoms with E-state index in [4.69, 9.17) is 16.9 Å². The van der Waals surface area contributed by atoms with Crippen LogP contribution in [-0.4, -0.2) is 26.7 Å². The first-order valence-corrected chi connectivity index (χ1v) is 8.42. The fraction of sp³-hybridized carbons (Fsp3) is 1.00. The van der Waals surface area contributed by atoms with Gasteiger partial charge in [-0.1, -0.05) is 26.1 Å². The van der Waals surface area contributed by atoms with Crippen molar-refractivity contribution < 1.29 is 13.6 Å². The van der Waals surface area contributed by atoms with E-state index in [1.165, 1.54) is 6.66 Å². The van der Waals surface area contributed by atoms with E-state index in [2.05, 4.69) is 13.8 Å². The molecule has 1 fully saturated rings. The van der Waals surface area contributed by atoms with Crippen molar-refractivity contribution in [3.8, 4) is 0 Å². The summed E-state index contributed by atoms with van der Waals surface area (Å²) in [4.78, 5) is 0. The van der Waals surface area contributed by atoms with Crippen LogP contribution in [0.3, 0.4) is 0 Å². The van der Waals surface area contributed by atoms with Gasteiger partial charge in [-0.3, -0.25) is 4.57 Å². The fourth-order valence-electron chi connectivity index (χ4n) is 2.53. The standard InChI is InChI=1S/C12H24BO3P/c1-8(2)10-6-7-11(13)12(10)16-17(5,14)15-9(3)4/h8-12H,6-7H2,1-5H3. The third kappa shape index (κ3) is 4.42. The molecule has 1 rings (SSSR count). The Labute approximate surface area is 107 Å². The smallest absolute Gasteiger partial charge is 0.306 e. The van der Waals surface area contributed by atoms with Crippen molar-refractivity contribution in [2.24, 2.45) is 11.8 Å². The van der Waals surface area contributed by atoms with E-state index in [0.29, 0.717) is 11.8 Å². The minimum atomic E-state index is -2.99. The molecule has 0 aliphatic heterocycles. The molecule has 4 unspecified atom stereocenters. The Morgan fingerprint density at radius 2 is 1.82 bits per heavy atom. The quantitative estimate of drug-likeness (QED) is 0.557. The highest BCUT2D eigenvalue weighted by Crippen LogP contribution is 2.52. The molecule has 98 valence electrons. The van der Waals surface area contributed by atoms with E-state index in [1.54, 1.807) is 0 Å². The highest BCUT2D eigenvalue weighted by molar-refractivity contribution is 7.53. The van der Waals surface area contributed by atoms with Crippen molar-refractivity contribution in [2.45, 2.75) is 58.6 Å². The molecular formula is C12H24BO3P. The second-order valence-corrected chi connectivity index (χ2v) is 7.61. The lowest BCUT2D eigenvalue weighted by atomic mass is 9.81. The summed E-state index contributed by atoms with van der Waals surface area (Å²) in [5.41, 5.74) is 0. The van der Waals surface area contributed by atoms with Gasteiger partial charge in [-0.25, -0.2) is 0 Å². The Balaban J connectivity index is 2.68. The van der Waals surface area contributed by atoms with Gasteiger partial charge in [0.05, 0.1) is 20.1 Å². The number of hydrogen-bond donors (Lipinski definition) is 0. The SMILES string of the molecule is [B]C1CCC(C(C)C)C1OP(C)(=O)OC(C)C. The topological polar surface area (TPSA) is 35.5 Å². The first-order chi connectivity index (χ1) is 7.73. The Morgan fingerprint density at radius 3 is 2.29 bits per heavy atom. The highest BCUT2D eigenvalue weighted by Gasteiger charge is 2.39. The van der Waals surface area contributed by atoms with E-state index in [0.717, 1.165) is 12.8 Å². The van der Waals surface area contributed by atoms with Crippen molar-refractivity contribution in [1.82, 2.24) is 0 Å². The summed E-state index contributed by atoms with van der Waals surface area (Å²) in [6.45, 7) is 9.56. The predicted molar refractivity (Wildman–Crippen MR) is 71.7 cm³/mol. The Hall–Kier alpha value is 0.215. The summed E-state index contributed by atoms with van der Waals surface area (Å²) in [7, 11) is 3.05. The molecule has 1 saturated carbocycles. The first kappa shape index (κ1) is 15.3. The van der Waals surface area contributed by atoms with Crippen molar-refractivity contribution >= 4 is 15.4 Å². The molecule has 0 spiro atoms. The lowest BCUT2D eigenvalue weighted by molar-refractivity contribution is 0.0919. The summed E-state index contributed by atoms with van der Waals surface area (Å²) in [6, 6.07) is 0. The molecule has 17 heavy (non-hydrogen) atoms. The minimum Gasteiger partial charge on any atom is -0.306 e. The molecule has 3 nitrogen and oxygen atoms in total. The monoisotopic (exact) mass is 258 g/mol. The van der Waals surface area contributed by atoms with Crippen LogP contribution in [0.5, 0.6) is 0 Å². The van der Waals surface area contributed by atoms with Crippen molar-refractivity contribution in [2.75, 3.05) is 6.66 Å². The summed E-state index contributed by atoms with van der Waals surface area (Å²) >= 11 is 0. The van der Waals surface area contributed by atoms with Crippen LogP contribution in [0, 0.1) is 11.8 Å². The fourth-order valence-corrected chi connectivity index (χ4v) is 4.10. The average molecular weight is 258 g/mol. The minimum absolute atomic E-state index is 0.0218. The summed E-state index contributed by atoms with van der Waals surface area (Å²) < 4.78 is 23.3. The predicted octanol–water partition coefficient (Wildman–Crippen LogP) is 3.64. The normalized spacial score (nSPS) is 33.2. The largest absolute Gasteiger partial charge is 0.328 e.